The summed E-state index contributed by atoms with van der Waals surface area (Å²) in [5.74, 6) is -0.00900. The Kier molecular flexibility index (Phi) is 10.3. The molecule has 1 fully saturated rings. The molecule has 0 unspecified atom stereocenters. The molecule has 0 N–H and O–H groups in total. The van der Waals surface area contributed by atoms with Gasteiger partial charge in [0.05, 0.1) is 13.2 Å². The highest BCUT2D eigenvalue weighted by Crippen LogP contribution is 2.27. The number of rotatable bonds is 12. The first-order valence-corrected chi connectivity index (χ1v) is 12.1. The van der Waals surface area contributed by atoms with Crippen molar-refractivity contribution in [2.45, 2.75) is 51.6 Å². The maximum absolute atomic E-state index is 13.4. The van der Waals surface area contributed by atoms with Crippen LogP contribution in [-0.2, 0) is 14.3 Å². The van der Waals surface area contributed by atoms with Crippen molar-refractivity contribution in [1.29, 1.82) is 0 Å². The standard InChI is InChI=1S/C27H35F2NO3/c1-2-19-32-26(31)5-3-4-21-14-16-30(17-15-21)18-20-33-27(22-6-10-24(28)11-7-22)23-8-12-25(29)13-9-23/h6-13,21,27H,2-5,14-20H2,1H3. The Hall–Kier alpha value is -2.31. The predicted octanol–water partition coefficient (Wildman–Crippen LogP) is 5.91. The van der Waals surface area contributed by atoms with E-state index in [2.05, 4.69) is 4.90 Å². The second-order valence-corrected chi connectivity index (χ2v) is 8.75. The van der Waals surface area contributed by atoms with Crippen molar-refractivity contribution in [1.82, 2.24) is 4.90 Å². The summed E-state index contributed by atoms with van der Waals surface area (Å²) in [5, 5.41) is 0. The molecular formula is C27H35F2NO3. The van der Waals surface area contributed by atoms with Gasteiger partial charge in [0.25, 0.3) is 0 Å². The van der Waals surface area contributed by atoms with Crippen molar-refractivity contribution in [3.05, 3.63) is 71.3 Å². The quantitative estimate of drug-likeness (QED) is 0.370. The fourth-order valence-corrected chi connectivity index (χ4v) is 4.28. The van der Waals surface area contributed by atoms with Crippen molar-refractivity contribution in [2.24, 2.45) is 5.92 Å². The third-order valence-electron chi connectivity index (χ3n) is 6.21. The summed E-state index contributed by atoms with van der Waals surface area (Å²) in [4.78, 5) is 14.0. The molecule has 3 rings (SSSR count). The molecule has 0 bridgehead atoms. The highest BCUT2D eigenvalue weighted by atomic mass is 19.1. The van der Waals surface area contributed by atoms with Crippen LogP contribution in [0.15, 0.2) is 48.5 Å². The van der Waals surface area contributed by atoms with E-state index in [4.69, 9.17) is 9.47 Å². The van der Waals surface area contributed by atoms with Crippen LogP contribution in [0, 0.1) is 17.6 Å². The van der Waals surface area contributed by atoms with E-state index in [1.165, 1.54) is 24.3 Å². The Morgan fingerprint density at radius 2 is 1.55 bits per heavy atom. The summed E-state index contributed by atoms with van der Waals surface area (Å²) >= 11 is 0. The molecule has 1 heterocycles. The monoisotopic (exact) mass is 459 g/mol. The van der Waals surface area contributed by atoms with E-state index >= 15 is 0 Å². The second kappa shape index (κ2) is 13.4. The summed E-state index contributed by atoms with van der Waals surface area (Å²) in [6.45, 7) is 5.90. The van der Waals surface area contributed by atoms with Crippen LogP contribution in [0.1, 0.15) is 62.7 Å². The van der Waals surface area contributed by atoms with E-state index in [1.54, 1.807) is 24.3 Å². The molecule has 0 spiro atoms. The van der Waals surface area contributed by atoms with E-state index in [-0.39, 0.29) is 23.7 Å². The number of carbonyl (C=O) groups excluding carboxylic acids is 1. The molecule has 0 atom stereocenters. The molecule has 0 aromatic heterocycles. The number of esters is 1. The van der Waals surface area contributed by atoms with Crippen molar-refractivity contribution < 1.29 is 23.0 Å². The van der Waals surface area contributed by atoms with Gasteiger partial charge in [-0.3, -0.25) is 4.79 Å². The lowest BCUT2D eigenvalue weighted by Gasteiger charge is -2.32. The molecule has 0 aliphatic carbocycles. The molecule has 0 radical (unpaired) electrons. The van der Waals surface area contributed by atoms with Gasteiger partial charge in [0.15, 0.2) is 0 Å². The smallest absolute Gasteiger partial charge is 0.305 e. The molecule has 1 aliphatic heterocycles. The fourth-order valence-electron chi connectivity index (χ4n) is 4.28. The van der Waals surface area contributed by atoms with Crippen LogP contribution in [0.2, 0.25) is 0 Å². The van der Waals surface area contributed by atoms with Gasteiger partial charge in [-0.2, -0.15) is 0 Å². The zero-order valence-corrected chi connectivity index (χ0v) is 19.5. The van der Waals surface area contributed by atoms with Crippen molar-refractivity contribution >= 4 is 5.97 Å². The van der Waals surface area contributed by atoms with E-state index in [9.17, 15) is 13.6 Å². The van der Waals surface area contributed by atoms with E-state index in [0.717, 1.165) is 62.9 Å². The molecule has 4 nitrogen and oxygen atoms in total. The zero-order valence-electron chi connectivity index (χ0n) is 19.5. The van der Waals surface area contributed by atoms with Gasteiger partial charge >= 0.3 is 5.97 Å². The topological polar surface area (TPSA) is 38.8 Å². The average Bonchev–Trinajstić information content (AvgIpc) is 2.83. The van der Waals surface area contributed by atoms with Crippen LogP contribution in [0.5, 0.6) is 0 Å². The number of hydrogen-bond acceptors (Lipinski definition) is 4. The molecule has 33 heavy (non-hydrogen) atoms. The van der Waals surface area contributed by atoms with E-state index in [1.807, 2.05) is 6.92 Å². The number of benzene rings is 2. The van der Waals surface area contributed by atoms with Gasteiger partial charge in [-0.05, 0) is 86.5 Å². The van der Waals surface area contributed by atoms with Crippen LogP contribution >= 0.6 is 0 Å². The van der Waals surface area contributed by atoms with Crippen molar-refractivity contribution in [2.75, 3.05) is 32.8 Å². The molecular weight excluding hydrogens is 424 g/mol. The molecule has 180 valence electrons. The number of hydrogen-bond donors (Lipinski definition) is 0. The van der Waals surface area contributed by atoms with E-state index in [0.29, 0.717) is 25.6 Å². The van der Waals surface area contributed by atoms with Gasteiger partial charge in [0.1, 0.15) is 17.7 Å². The Bertz CT molecular complexity index is 788. The maximum atomic E-state index is 13.4. The molecule has 1 aliphatic rings. The molecule has 0 amide bonds. The van der Waals surface area contributed by atoms with Gasteiger partial charge in [-0.25, -0.2) is 8.78 Å². The maximum Gasteiger partial charge on any atom is 0.305 e. The van der Waals surface area contributed by atoms with Gasteiger partial charge in [-0.15, -0.1) is 0 Å². The van der Waals surface area contributed by atoms with Crippen LogP contribution < -0.4 is 0 Å². The SMILES string of the molecule is CCCOC(=O)CCCC1CCN(CCOC(c2ccc(F)cc2)c2ccc(F)cc2)CC1. The van der Waals surface area contributed by atoms with Crippen LogP contribution in [-0.4, -0.2) is 43.7 Å². The average molecular weight is 460 g/mol. The third kappa shape index (κ3) is 8.52. The molecule has 6 heteroatoms. The number of carbonyl (C=O) groups is 1. The van der Waals surface area contributed by atoms with Crippen molar-refractivity contribution in [3.63, 3.8) is 0 Å². The lowest BCUT2D eigenvalue weighted by molar-refractivity contribution is -0.143. The zero-order chi connectivity index (χ0) is 23.5. The summed E-state index contributed by atoms with van der Waals surface area (Å²) in [6, 6.07) is 12.5. The van der Waals surface area contributed by atoms with E-state index < -0.39 is 0 Å². The number of likely N-dealkylation sites (tertiary alicyclic amines) is 1. The van der Waals surface area contributed by atoms with Gasteiger partial charge in [-0.1, -0.05) is 31.2 Å². The minimum Gasteiger partial charge on any atom is -0.466 e. The van der Waals surface area contributed by atoms with Gasteiger partial charge in [0.2, 0.25) is 0 Å². The Morgan fingerprint density at radius 1 is 0.970 bits per heavy atom. The fraction of sp³-hybridized carbons (Fsp3) is 0.519. The largest absolute Gasteiger partial charge is 0.466 e. The Morgan fingerprint density at radius 3 is 2.09 bits per heavy atom. The normalized spacial score (nSPS) is 15.2. The summed E-state index contributed by atoms with van der Waals surface area (Å²) in [7, 11) is 0. The minimum absolute atomic E-state index is 0.0803. The first-order valence-electron chi connectivity index (χ1n) is 12.1. The summed E-state index contributed by atoms with van der Waals surface area (Å²) < 4.78 is 38.1. The minimum atomic E-state index is -0.365. The third-order valence-corrected chi connectivity index (χ3v) is 6.21. The van der Waals surface area contributed by atoms with Crippen LogP contribution in [0.4, 0.5) is 8.78 Å². The predicted molar refractivity (Wildman–Crippen MR) is 125 cm³/mol. The summed E-state index contributed by atoms with van der Waals surface area (Å²) in [6.07, 6.45) is 5.24. The Balaban J connectivity index is 1.42. The number of ether oxygens (including phenoxy) is 2. The van der Waals surface area contributed by atoms with Gasteiger partial charge in [0, 0.05) is 13.0 Å². The first kappa shape index (κ1) is 25.3. The van der Waals surface area contributed by atoms with Gasteiger partial charge < -0.3 is 14.4 Å². The lowest BCUT2D eigenvalue weighted by Crippen LogP contribution is -2.36. The number of piperidine rings is 1. The first-order chi connectivity index (χ1) is 16.0. The van der Waals surface area contributed by atoms with Crippen LogP contribution in [0.3, 0.4) is 0 Å². The van der Waals surface area contributed by atoms with Crippen molar-refractivity contribution in [3.8, 4) is 0 Å². The lowest BCUT2D eigenvalue weighted by atomic mass is 9.91. The Labute approximate surface area is 195 Å². The second-order valence-electron chi connectivity index (χ2n) is 8.75. The highest BCUT2D eigenvalue weighted by molar-refractivity contribution is 5.69. The highest BCUT2D eigenvalue weighted by Gasteiger charge is 2.20. The molecule has 2 aromatic rings. The number of nitrogens with zero attached hydrogens (tertiary/aromatic N) is 1. The summed E-state index contributed by atoms with van der Waals surface area (Å²) in [5.41, 5.74) is 1.69. The number of halogens is 2. The molecule has 0 saturated carbocycles. The molecule has 1 saturated heterocycles. The van der Waals surface area contributed by atoms with Crippen LogP contribution in [0.25, 0.3) is 0 Å². The molecule has 2 aromatic carbocycles.